The van der Waals surface area contributed by atoms with E-state index in [0.29, 0.717) is 12.5 Å². The van der Waals surface area contributed by atoms with Gasteiger partial charge in [-0.25, -0.2) is 0 Å². The van der Waals surface area contributed by atoms with E-state index in [0.717, 1.165) is 25.2 Å². The third kappa shape index (κ3) is 4.48. The molecule has 1 aliphatic heterocycles. The van der Waals surface area contributed by atoms with Crippen LogP contribution in [-0.2, 0) is 10.2 Å². The molecule has 0 bridgehead atoms. The molecular formula is C18H28N2O. The summed E-state index contributed by atoms with van der Waals surface area (Å²) in [5, 5.41) is 3.24. The van der Waals surface area contributed by atoms with Gasteiger partial charge in [-0.15, -0.1) is 0 Å². The van der Waals surface area contributed by atoms with Crippen molar-refractivity contribution in [1.29, 1.82) is 0 Å². The lowest BCUT2D eigenvalue weighted by molar-refractivity contribution is -0.130. The Labute approximate surface area is 128 Å². The maximum atomic E-state index is 12.2. The van der Waals surface area contributed by atoms with Gasteiger partial charge in [0.2, 0.25) is 5.91 Å². The van der Waals surface area contributed by atoms with Crippen molar-refractivity contribution in [2.45, 2.75) is 46.0 Å². The molecule has 1 aromatic rings. The van der Waals surface area contributed by atoms with Crippen molar-refractivity contribution in [3.05, 3.63) is 29.8 Å². The standard InChI is InChI=1S/C18H28N2O/c1-14-6-5-11-20(13-14)17(21)12-19-16-9-7-15(8-10-16)18(2,3)4/h7-10,14,19H,5-6,11-13H2,1-4H3. The summed E-state index contributed by atoms with van der Waals surface area (Å²) in [5.41, 5.74) is 2.49. The maximum Gasteiger partial charge on any atom is 0.241 e. The van der Waals surface area contributed by atoms with Gasteiger partial charge in [-0.1, -0.05) is 39.8 Å². The third-order valence-corrected chi connectivity index (χ3v) is 4.20. The second-order valence-electron chi connectivity index (χ2n) is 7.27. The first-order chi connectivity index (χ1) is 9.86. The van der Waals surface area contributed by atoms with Crippen LogP contribution < -0.4 is 5.32 Å². The minimum absolute atomic E-state index is 0.165. The second kappa shape index (κ2) is 6.50. The summed E-state index contributed by atoms with van der Waals surface area (Å²) in [4.78, 5) is 14.2. The van der Waals surface area contributed by atoms with E-state index in [1.165, 1.54) is 12.0 Å². The van der Waals surface area contributed by atoms with Crippen LogP contribution in [0.25, 0.3) is 0 Å². The van der Waals surface area contributed by atoms with Crippen LogP contribution in [0.5, 0.6) is 0 Å². The van der Waals surface area contributed by atoms with Crippen molar-refractivity contribution >= 4 is 11.6 Å². The number of likely N-dealkylation sites (tertiary alicyclic amines) is 1. The molecule has 2 rings (SSSR count). The fraction of sp³-hybridized carbons (Fsp3) is 0.611. The zero-order chi connectivity index (χ0) is 15.5. The number of nitrogens with zero attached hydrogens (tertiary/aromatic N) is 1. The SMILES string of the molecule is CC1CCCN(C(=O)CNc2ccc(C(C)(C)C)cc2)C1. The van der Waals surface area contributed by atoms with E-state index in [-0.39, 0.29) is 11.3 Å². The highest BCUT2D eigenvalue weighted by Crippen LogP contribution is 2.23. The Bertz CT molecular complexity index is 473. The Morgan fingerprint density at radius 2 is 1.95 bits per heavy atom. The van der Waals surface area contributed by atoms with Gasteiger partial charge in [0.1, 0.15) is 0 Å². The van der Waals surface area contributed by atoms with Crippen LogP contribution in [0.1, 0.15) is 46.1 Å². The average Bonchev–Trinajstić information content (AvgIpc) is 2.44. The van der Waals surface area contributed by atoms with Crippen LogP contribution in [0.3, 0.4) is 0 Å². The number of nitrogens with one attached hydrogen (secondary N) is 1. The Balaban J connectivity index is 1.86. The van der Waals surface area contributed by atoms with Gasteiger partial charge in [0, 0.05) is 18.8 Å². The summed E-state index contributed by atoms with van der Waals surface area (Å²) >= 11 is 0. The van der Waals surface area contributed by atoms with Crippen LogP contribution in [0.15, 0.2) is 24.3 Å². The van der Waals surface area contributed by atoms with E-state index in [1.54, 1.807) is 0 Å². The third-order valence-electron chi connectivity index (χ3n) is 4.20. The van der Waals surface area contributed by atoms with Gasteiger partial charge in [-0.3, -0.25) is 4.79 Å². The van der Waals surface area contributed by atoms with Crippen LogP contribution in [0.4, 0.5) is 5.69 Å². The number of rotatable bonds is 3. The first-order valence-corrected chi connectivity index (χ1v) is 7.98. The normalized spacial score (nSPS) is 19.4. The van der Waals surface area contributed by atoms with Gasteiger partial charge >= 0.3 is 0 Å². The van der Waals surface area contributed by atoms with E-state index < -0.39 is 0 Å². The Morgan fingerprint density at radius 3 is 2.52 bits per heavy atom. The van der Waals surface area contributed by atoms with Gasteiger partial charge in [-0.2, -0.15) is 0 Å². The molecular weight excluding hydrogens is 260 g/mol. The van der Waals surface area contributed by atoms with Gasteiger partial charge in [-0.05, 0) is 41.9 Å². The highest BCUT2D eigenvalue weighted by atomic mass is 16.2. The summed E-state index contributed by atoms with van der Waals surface area (Å²) in [6.45, 7) is 11.0. The first kappa shape index (κ1) is 15.9. The molecule has 0 saturated carbocycles. The Hall–Kier alpha value is -1.51. The summed E-state index contributed by atoms with van der Waals surface area (Å²) in [7, 11) is 0. The number of amides is 1. The molecule has 1 saturated heterocycles. The molecule has 1 aliphatic rings. The van der Waals surface area contributed by atoms with Crippen LogP contribution in [0.2, 0.25) is 0 Å². The fourth-order valence-electron chi connectivity index (χ4n) is 2.79. The van der Waals surface area contributed by atoms with Crippen molar-refractivity contribution in [3.63, 3.8) is 0 Å². The van der Waals surface area contributed by atoms with E-state index in [1.807, 2.05) is 4.90 Å². The highest BCUT2D eigenvalue weighted by molar-refractivity contribution is 5.81. The van der Waals surface area contributed by atoms with E-state index >= 15 is 0 Å². The van der Waals surface area contributed by atoms with Crippen molar-refractivity contribution in [3.8, 4) is 0 Å². The molecule has 1 unspecified atom stereocenters. The molecule has 1 atom stereocenters. The number of carbonyl (C=O) groups is 1. The summed E-state index contributed by atoms with van der Waals surface area (Å²) in [6.07, 6.45) is 2.37. The molecule has 0 aliphatic carbocycles. The fourth-order valence-corrected chi connectivity index (χ4v) is 2.79. The van der Waals surface area contributed by atoms with E-state index in [9.17, 15) is 4.79 Å². The predicted molar refractivity (Wildman–Crippen MR) is 88.6 cm³/mol. The van der Waals surface area contributed by atoms with Gasteiger partial charge in [0.15, 0.2) is 0 Å². The predicted octanol–water partition coefficient (Wildman–Crippen LogP) is 3.65. The molecule has 3 nitrogen and oxygen atoms in total. The number of carbonyl (C=O) groups excluding carboxylic acids is 1. The Kier molecular flexibility index (Phi) is 4.92. The van der Waals surface area contributed by atoms with Crippen molar-refractivity contribution in [1.82, 2.24) is 4.90 Å². The monoisotopic (exact) mass is 288 g/mol. The van der Waals surface area contributed by atoms with Crippen molar-refractivity contribution in [2.75, 3.05) is 25.0 Å². The summed E-state index contributed by atoms with van der Waals surface area (Å²) in [6, 6.07) is 8.39. The zero-order valence-corrected chi connectivity index (χ0v) is 13.8. The highest BCUT2D eigenvalue weighted by Gasteiger charge is 2.20. The topological polar surface area (TPSA) is 32.3 Å². The largest absolute Gasteiger partial charge is 0.376 e. The zero-order valence-electron chi connectivity index (χ0n) is 13.8. The molecule has 1 aromatic carbocycles. The molecule has 21 heavy (non-hydrogen) atoms. The lowest BCUT2D eigenvalue weighted by atomic mass is 9.87. The molecule has 0 radical (unpaired) electrons. The van der Waals surface area contributed by atoms with Crippen LogP contribution in [0, 0.1) is 5.92 Å². The molecule has 3 heteroatoms. The summed E-state index contributed by atoms with van der Waals surface area (Å²) in [5.74, 6) is 0.843. The number of hydrogen-bond acceptors (Lipinski definition) is 2. The lowest BCUT2D eigenvalue weighted by Gasteiger charge is -2.31. The quantitative estimate of drug-likeness (QED) is 0.920. The van der Waals surface area contributed by atoms with Crippen LogP contribution in [-0.4, -0.2) is 30.4 Å². The maximum absolute atomic E-state index is 12.2. The molecule has 0 spiro atoms. The molecule has 116 valence electrons. The van der Waals surface area contributed by atoms with E-state index in [2.05, 4.69) is 57.3 Å². The minimum atomic E-state index is 0.165. The van der Waals surface area contributed by atoms with Crippen LogP contribution >= 0.6 is 0 Å². The van der Waals surface area contributed by atoms with Crippen molar-refractivity contribution < 1.29 is 4.79 Å². The number of hydrogen-bond donors (Lipinski definition) is 1. The second-order valence-corrected chi connectivity index (χ2v) is 7.27. The van der Waals surface area contributed by atoms with Gasteiger partial charge in [0.25, 0.3) is 0 Å². The average molecular weight is 288 g/mol. The number of anilines is 1. The molecule has 1 fully saturated rings. The Morgan fingerprint density at radius 1 is 1.29 bits per heavy atom. The van der Waals surface area contributed by atoms with Crippen molar-refractivity contribution in [2.24, 2.45) is 5.92 Å². The minimum Gasteiger partial charge on any atom is -0.376 e. The molecule has 1 heterocycles. The smallest absolute Gasteiger partial charge is 0.241 e. The molecule has 1 amide bonds. The lowest BCUT2D eigenvalue weighted by Crippen LogP contribution is -2.41. The first-order valence-electron chi connectivity index (χ1n) is 7.98. The molecule has 0 aromatic heterocycles. The number of benzene rings is 1. The number of piperidine rings is 1. The van der Waals surface area contributed by atoms with E-state index in [4.69, 9.17) is 0 Å². The summed E-state index contributed by atoms with van der Waals surface area (Å²) < 4.78 is 0. The molecule has 1 N–H and O–H groups in total. The van der Waals surface area contributed by atoms with Gasteiger partial charge in [0.05, 0.1) is 6.54 Å². The van der Waals surface area contributed by atoms with Gasteiger partial charge < -0.3 is 10.2 Å².